The molecule has 1 unspecified atom stereocenters. The van der Waals surface area contributed by atoms with Crippen molar-refractivity contribution in [3.8, 4) is 0 Å². The molecule has 29 heavy (non-hydrogen) atoms. The number of halogens is 1. The number of sulfonamides is 1. The molecule has 0 radical (unpaired) electrons. The zero-order valence-electron chi connectivity index (χ0n) is 16.9. The van der Waals surface area contributed by atoms with Crippen LogP contribution in [0.25, 0.3) is 0 Å². The lowest BCUT2D eigenvalue weighted by Gasteiger charge is -2.35. The highest BCUT2D eigenvalue weighted by molar-refractivity contribution is 7.89. The number of rotatable bonds is 4. The molecule has 1 aromatic rings. The van der Waals surface area contributed by atoms with Gasteiger partial charge in [-0.25, -0.2) is 8.42 Å². The maximum absolute atomic E-state index is 13.1. The summed E-state index contributed by atoms with van der Waals surface area (Å²) < 4.78 is 27.7. The molecule has 160 valence electrons. The van der Waals surface area contributed by atoms with E-state index < -0.39 is 10.0 Å². The molecule has 2 heterocycles. The van der Waals surface area contributed by atoms with Crippen LogP contribution in [0, 0.1) is 12.8 Å². The molecule has 7 nitrogen and oxygen atoms in total. The zero-order valence-corrected chi connectivity index (χ0v) is 18.4. The number of hydrogen-bond donors (Lipinski definition) is 1. The molecule has 0 aromatic heterocycles. The van der Waals surface area contributed by atoms with E-state index >= 15 is 0 Å². The number of piperidine rings is 2. The molecule has 2 fully saturated rings. The molecule has 1 N–H and O–H groups in total. The first kappa shape index (κ1) is 22.1. The molecule has 0 bridgehead atoms. The average molecular weight is 442 g/mol. The lowest BCUT2D eigenvalue weighted by Crippen LogP contribution is -2.51. The fraction of sp³-hybridized carbons (Fsp3) is 0.600. The highest BCUT2D eigenvalue weighted by Gasteiger charge is 2.33. The van der Waals surface area contributed by atoms with E-state index in [0.717, 1.165) is 6.42 Å². The minimum Gasteiger partial charge on any atom is -0.352 e. The Morgan fingerprint density at radius 1 is 1.14 bits per heavy atom. The fourth-order valence-electron chi connectivity index (χ4n) is 4.06. The summed E-state index contributed by atoms with van der Waals surface area (Å²) in [5, 5.41) is 3.46. The van der Waals surface area contributed by atoms with Gasteiger partial charge in [0.1, 0.15) is 0 Å². The summed E-state index contributed by atoms with van der Waals surface area (Å²) in [7, 11) is -3.67. The molecule has 2 amide bonds. The number of carbonyl (C=O) groups excluding carboxylic acids is 2. The quantitative estimate of drug-likeness (QED) is 0.775. The van der Waals surface area contributed by atoms with Gasteiger partial charge in [-0.3, -0.25) is 9.59 Å². The zero-order chi connectivity index (χ0) is 21.2. The summed E-state index contributed by atoms with van der Waals surface area (Å²) >= 11 is 6.11. The van der Waals surface area contributed by atoms with E-state index in [1.807, 2.05) is 0 Å². The van der Waals surface area contributed by atoms with Gasteiger partial charge >= 0.3 is 0 Å². The molecule has 2 aliphatic rings. The van der Waals surface area contributed by atoms with Crippen LogP contribution in [0.15, 0.2) is 23.1 Å². The maximum atomic E-state index is 13.1. The normalized spacial score (nSPS) is 21.8. The highest BCUT2D eigenvalue weighted by Crippen LogP contribution is 2.27. The van der Waals surface area contributed by atoms with E-state index in [-0.39, 0.29) is 35.2 Å². The van der Waals surface area contributed by atoms with E-state index in [2.05, 4.69) is 5.32 Å². The summed E-state index contributed by atoms with van der Waals surface area (Å²) in [6.07, 6.45) is 2.72. The average Bonchev–Trinajstić information content (AvgIpc) is 2.70. The molecule has 9 heteroatoms. The van der Waals surface area contributed by atoms with Gasteiger partial charge in [-0.15, -0.1) is 0 Å². The Balaban J connectivity index is 1.63. The Kier molecular flexibility index (Phi) is 6.86. The van der Waals surface area contributed by atoms with Crippen LogP contribution in [0.1, 0.15) is 38.2 Å². The summed E-state index contributed by atoms with van der Waals surface area (Å²) in [6, 6.07) is 4.67. The van der Waals surface area contributed by atoms with Crippen LogP contribution in [-0.2, 0) is 19.6 Å². The van der Waals surface area contributed by atoms with Crippen LogP contribution in [0.3, 0.4) is 0 Å². The predicted octanol–water partition coefficient (Wildman–Crippen LogP) is 2.18. The third-order valence-corrected chi connectivity index (χ3v) is 8.30. The van der Waals surface area contributed by atoms with Crippen LogP contribution in [-0.4, -0.2) is 61.7 Å². The first-order valence-electron chi connectivity index (χ1n) is 10.0. The van der Waals surface area contributed by atoms with Gasteiger partial charge in [0, 0.05) is 50.1 Å². The summed E-state index contributed by atoms with van der Waals surface area (Å²) in [6.45, 7) is 5.11. The number of nitrogens with zero attached hydrogens (tertiary/aromatic N) is 2. The molecule has 0 aliphatic carbocycles. The van der Waals surface area contributed by atoms with Crippen LogP contribution in [0.5, 0.6) is 0 Å². The predicted molar refractivity (Wildman–Crippen MR) is 111 cm³/mol. The van der Waals surface area contributed by atoms with Gasteiger partial charge in [-0.1, -0.05) is 17.7 Å². The molecule has 1 atom stereocenters. The minimum atomic E-state index is -3.67. The minimum absolute atomic E-state index is 0.0355. The van der Waals surface area contributed by atoms with Gasteiger partial charge in [0.25, 0.3) is 0 Å². The smallest absolute Gasteiger partial charge is 0.243 e. The largest absolute Gasteiger partial charge is 0.352 e. The van der Waals surface area contributed by atoms with Crippen molar-refractivity contribution in [2.24, 2.45) is 5.92 Å². The Bertz CT molecular complexity index is 882. The standard InChI is InChI=1S/C20H28ClN3O4S/c1-14-18(21)6-3-7-19(14)29(27,28)24-10-4-5-17(13-24)22-20(26)16-8-11-23(12-9-16)15(2)25/h3,6-7,16-17H,4-5,8-13H2,1-2H3,(H,22,26). The van der Waals surface area contributed by atoms with Crippen LogP contribution in [0.4, 0.5) is 0 Å². The number of benzene rings is 1. The molecule has 2 aliphatic heterocycles. The van der Waals surface area contributed by atoms with Gasteiger partial charge in [0.15, 0.2) is 0 Å². The van der Waals surface area contributed by atoms with Crippen molar-refractivity contribution in [2.45, 2.75) is 50.5 Å². The van der Waals surface area contributed by atoms with Gasteiger partial charge in [-0.2, -0.15) is 4.31 Å². The lowest BCUT2D eigenvalue weighted by molar-refractivity contribution is -0.134. The SMILES string of the molecule is CC(=O)N1CCC(C(=O)NC2CCCN(S(=O)(=O)c3cccc(Cl)c3C)C2)CC1. The molecular weight excluding hydrogens is 414 g/mol. The Labute approximate surface area is 177 Å². The molecule has 2 saturated heterocycles. The summed E-state index contributed by atoms with van der Waals surface area (Å²) in [5.41, 5.74) is 0.539. The van der Waals surface area contributed by atoms with Crippen LogP contribution in [0.2, 0.25) is 5.02 Å². The summed E-state index contributed by atoms with van der Waals surface area (Å²) in [4.78, 5) is 26.1. The van der Waals surface area contributed by atoms with Crippen LogP contribution < -0.4 is 5.32 Å². The third-order valence-electron chi connectivity index (χ3n) is 5.88. The first-order chi connectivity index (χ1) is 13.7. The Hall–Kier alpha value is -1.64. The molecule has 1 aromatic carbocycles. The maximum Gasteiger partial charge on any atom is 0.243 e. The van der Waals surface area contributed by atoms with Crippen molar-refractivity contribution < 1.29 is 18.0 Å². The molecule has 3 rings (SSSR count). The van der Waals surface area contributed by atoms with E-state index in [9.17, 15) is 18.0 Å². The van der Waals surface area contributed by atoms with Crippen LogP contribution >= 0.6 is 11.6 Å². The van der Waals surface area contributed by atoms with Crippen molar-refractivity contribution in [1.29, 1.82) is 0 Å². The van der Waals surface area contributed by atoms with Crippen molar-refractivity contribution in [2.75, 3.05) is 26.2 Å². The van der Waals surface area contributed by atoms with E-state index in [1.165, 1.54) is 4.31 Å². The van der Waals surface area contributed by atoms with Gasteiger partial charge in [0.05, 0.1) is 4.90 Å². The summed E-state index contributed by atoms with van der Waals surface area (Å²) in [5.74, 6) is -0.141. The molecule has 0 saturated carbocycles. The number of likely N-dealkylation sites (tertiary alicyclic amines) is 1. The number of amides is 2. The monoisotopic (exact) mass is 441 g/mol. The number of hydrogen-bond acceptors (Lipinski definition) is 4. The second-order valence-corrected chi connectivity index (χ2v) is 10.2. The first-order valence-corrected chi connectivity index (χ1v) is 11.8. The third kappa shape index (κ3) is 4.92. The Morgan fingerprint density at radius 2 is 1.83 bits per heavy atom. The highest BCUT2D eigenvalue weighted by atomic mass is 35.5. The van der Waals surface area contributed by atoms with Crippen molar-refractivity contribution in [1.82, 2.24) is 14.5 Å². The van der Waals surface area contributed by atoms with Crippen molar-refractivity contribution in [3.63, 3.8) is 0 Å². The number of carbonyl (C=O) groups is 2. The Morgan fingerprint density at radius 3 is 2.48 bits per heavy atom. The van der Waals surface area contributed by atoms with E-state index in [0.29, 0.717) is 49.5 Å². The second kappa shape index (κ2) is 9.02. The molecule has 0 spiro atoms. The van der Waals surface area contributed by atoms with Crippen molar-refractivity contribution >= 4 is 33.4 Å². The lowest BCUT2D eigenvalue weighted by atomic mass is 9.95. The fourth-order valence-corrected chi connectivity index (χ4v) is 6.06. The second-order valence-electron chi connectivity index (χ2n) is 7.85. The van der Waals surface area contributed by atoms with Gasteiger partial charge in [0.2, 0.25) is 21.8 Å². The van der Waals surface area contributed by atoms with Gasteiger partial charge in [-0.05, 0) is 50.3 Å². The van der Waals surface area contributed by atoms with E-state index in [4.69, 9.17) is 11.6 Å². The topological polar surface area (TPSA) is 86.8 Å². The van der Waals surface area contributed by atoms with Gasteiger partial charge < -0.3 is 10.2 Å². The molecular formula is C20H28ClN3O4S. The number of nitrogens with one attached hydrogen (secondary N) is 1. The van der Waals surface area contributed by atoms with Crippen molar-refractivity contribution in [3.05, 3.63) is 28.8 Å². The van der Waals surface area contributed by atoms with E-state index in [1.54, 1.807) is 36.9 Å².